The molecule has 3 aromatic rings. The third kappa shape index (κ3) is 3.36. The number of nitrogens with zero attached hydrogens (tertiary/aromatic N) is 1. The maximum atomic E-state index is 12.7. The van der Waals surface area contributed by atoms with E-state index in [9.17, 15) is 9.59 Å². The minimum absolute atomic E-state index is 0.117. The van der Waals surface area contributed by atoms with Gasteiger partial charge in [-0.25, -0.2) is 4.79 Å². The van der Waals surface area contributed by atoms with Gasteiger partial charge in [-0.1, -0.05) is 18.2 Å². The average Bonchev–Trinajstić information content (AvgIpc) is 3.30. The quantitative estimate of drug-likeness (QED) is 0.305. The molecule has 0 aliphatic carbocycles. The van der Waals surface area contributed by atoms with Gasteiger partial charge >= 0.3 is 5.97 Å². The summed E-state index contributed by atoms with van der Waals surface area (Å²) in [6.07, 6.45) is 1.22. The molecule has 2 aromatic heterocycles. The molecule has 0 aliphatic heterocycles. The predicted molar refractivity (Wildman–Crippen MR) is 97.9 cm³/mol. The van der Waals surface area contributed by atoms with Crippen LogP contribution in [0.4, 0.5) is 5.69 Å². The molecule has 1 N–H and O–H groups in total. The van der Waals surface area contributed by atoms with Crippen molar-refractivity contribution in [3.05, 3.63) is 64.2 Å². The van der Waals surface area contributed by atoms with E-state index < -0.39 is 5.97 Å². The predicted octanol–water partition coefficient (Wildman–Crippen LogP) is 4.11. The van der Waals surface area contributed by atoms with E-state index in [4.69, 9.17) is 14.4 Å². The normalized spacial score (nSPS) is 11.2. The Labute approximate surface area is 153 Å². The molecule has 0 amide bonds. The highest BCUT2D eigenvalue weighted by atomic mass is 32.1. The second-order valence-electron chi connectivity index (χ2n) is 5.14. The number of ketones is 1. The van der Waals surface area contributed by atoms with E-state index in [1.165, 1.54) is 17.5 Å². The Hall–Kier alpha value is -3.37. The van der Waals surface area contributed by atoms with Crippen molar-refractivity contribution in [3.63, 3.8) is 0 Å². The molecule has 1 aromatic carbocycles. The number of benzene rings is 1. The number of thiophene rings is 1. The molecule has 2 heterocycles. The summed E-state index contributed by atoms with van der Waals surface area (Å²) in [6, 6.07) is 12.4. The highest BCUT2D eigenvalue weighted by Crippen LogP contribution is 2.33. The van der Waals surface area contributed by atoms with Crippen LogP contribution >= 0.6 is 11.3 Å². The topological polar surface area (TPSA) is 92.3 Å². The summed E-state index contributed by atoms with van der Waals surface area (Å²) in [5, 5.41) is 14.5. The summed E-state index contributed by atoms with van der Waals surface area (Å²) in [4.78, 5) is 25.0. The Bertz CT molecular complexity index is 1030. The number of carbonyl (C=O) groups is 2. The Morgan fingerprint density at radius 2 is 2.12 bits per heavy atom. The second kappa shape index (κ2) is 7.68. The largest absolute Gasteiger partial charge is 0.462 e. The van der Waals surface area contributed by atoms with Crippen LogP contribution in [0.1, 0.15) is 22.4 Å². The van der Waals surface area contributed by atoms with Crippen LogP contribution in [0.5, 0.6) is 0 Å². The van der Waals surface area contributed by atoms with Crippen molar-refractivity contribution in [2.45, 2.75) is 6.92 Å². The van der Waals surface area contributed by atoms with E-state index in [2.05, 4.69) is 5.32 Å². The molecule has 0 saturated heterocycles. The molecule has 0 radical (unpaired) electrons. The molecule has 0 unspecified atom stereocenters. The molecule has 26 heavy (non-hydrogen) atoms. The number of esters is 1. The average molecular weight is 366 g/mol. The van der Waals surface area contributed by atoms with Crippen molar-refractivity contribution < 1.29 is 18.7 Å². The zero-order chi connectivity index (χ0) is 18.5. The molecule has 130 valence electrons. The van der Waals surface area contributed by atoms with E-state index in [0.29, 0.717) is 21.5 Å². The number of rotatable bonds is 6. The summed E-state index contributed by atoms with van der Waals surface area (Å²) in [5.74, 6) is -0.894. The zero-order valence-corrected chi connectivity index (χ0v) is 14.6. The highest BCUT2D eigenvalue weighted by Gasteiger charge is 2.22. The fourth-order valence-electron chi connectivity index (χ4n) is 2.36. The highest BCUT2D eigenvalue weighted by molar-refractivity contribution is 7.12. The molecular formula is C19H14N2O4S. The molecule has 0 spiro atoms. The second-order valence-corrected chi connectivity index (χ2v) is 6.09. The summed E-state index contributed by atoms with van der Waals surface area (Å²) in [7, 11) is 0. The lowest BCUT2D eigenvalue weighted by molar-refractivity contribution is -0.138. The van der Waals surface area contributed by atoms with Crippen LogP contribution in [-0.4, -0.2) is 18.4 Å². The van der Waals surface area contributed by atoms with Gasteiger partial charge in [0.15, 0.2) is 11.3 Å². The number of fused-ring (bicyclic) bond motifs is 1. The summed E-state index contributed by atoms with van der Waals surface area (Å²) < 4.78 is 10.6. The van der Waals surface area contributed by atoms with Gasteiger partial charge in [0, 0.05) is 11.6 Å². The van der Waals surface area contributed by atoms with E-state index in [1.54, 1.807) is 48.7 Å². The lowest BCUT2D eigenvalue weighted by Gasteiger charge is -2.03. The smallest absolute Gasteiger partial charge is 0.350 e. The van der Waals surface area contributed by atoms with Gasteiger partial charge in [-0.3, -0.25) is 4.79 Å². The van der Waals surface area contributed by atoms with E-state index in [0.717, 1.165) is 0 Å². The van der Waals surface area contributed by atoms with Gasteiger partial charge < -0.3 is 14.5 Å². The van der Waals surface area contributed by atoms with Crippen LogP contribution in [0.3, 0.4) is 0 Å². The first-order valence-corrected chi connectivity index (χ1v) is 8.67. The van der Waals surface area contributed by atoms with Gasteiger partial charge in [0.05, 0.1) is 17.2 Å². The monoisotopic (exact) mass is 366 g/mol. The van der Waals surface area contributed by atoms with Crippen molar-refractivity contribution in [2.75, 3.05) is 11.9 Å². The van der Waals surface area contributed by atoms with Crippen molar-refractivity contribution in [1.82, 2.24) is 0 Å². The van der Waals surface area contributed by atoms with Gasteiger partial charge in [-0.15, -0.1) is 11.3 Å². The number of ether oxygens (including phenoxy) is 1. The Morgan fingerprint density at radius 3 is 2.81 bits per heavy atom. The van der Waals surface area contributed by atoms with Crippen molar-refractivity contribution in [3.8, 4) is 6.07 Å². The molecule has 0 saturated carbocycles. The van der Waals surface area contributed by atoms with Crippen molar-refractivity contribution >= 4 is 39.7 Å². The van der Waals surface area contributed by atoms with Gasteiger partial charge in [-0.05, 0) is 30.5 Å². The van der Waals surface area contributed by atoms with Crippen LogP contribution in [0.2, 0.25) is 0 Å². The number of furan rings is 1. The first-order valence-electron chi connectivity index (χ1n) is 7.79. The fraction of sp³-hybridized carbons (Fsp3) is 0.105. The Balaban J connectivity index is 2.04. The van der Waals surface area contributed by atoms with Crippen LogP contribution in [0.15, 0.2) is 58.0 Å². The van der Waals surface area contributed by atoms with Gasteiger partial charge in [-0.2, -0.15) is 5.26 Å². The molecule has 3 rings (SSSR count). The lowest BCUT2D eigenvalue weighted by atomic mass is 10.1. The molecular weight excluding hydrogens is 352 g/mol. The van der Waals surface area contributed by atoms with E-state index in [1.807, 2.05) is 6.07 Å². The summed E-state index contributed by atoms with van der Waals surface area (Å²) in [6.45, 7) is 1.82. The maximum Gasteiger partial charge on any atom is 0.350 e. The molecule has 0 fully saturated rings. The minimum atomic E-state index is -0.735. The zero-order valence-electron chi connectivity index (χ0n) is 13.8. The number of para-hydroxylation sites is 1. The number of anilines is 1. The van der Waals surface area contributed by atoms with Gasteiger partial charge in [0.2, 0.25) is 5.78 Å². The standard InChI is InChI=1S/C19H14N2O4S/c1-2-24-19(23)12(10-20)11-21-16-13-6-3-4-7-14(13)25-18(16)17(22)15-8-5-9-26-15/h3-9,11,21H,2H2,1H3/b12-11+. The van der Waals surface area contributed by atoms with Crippen LogP contribution in [0.25, 0.3) is 11.0 Å². The van der Waals surface area contributed by atoms with Crippen LogP contribution in [-0.2, 0) is 9.53 Å². The van der Waals surface area contributed by atoms with Crippen LogP contribution < -0.4 is 5.32 Å². The number of nitrogens with one attached hydrogen (secondary N) is 1. The summed E-state index contributed by atoms with van der Waals surface area (Å²) in [5.41, 5.74) is 0.723. The first-order chi connectivity index (χ1) is 12.7. The third-order valence-corrected chi connectivity index (χ3v) is 4.39. The molecule has 7 heteroatoms. The maximum absolute atomic E-state index is 12.7. The SMILES string of the molecule is CCOC(=O)/C(C#N)=C/Nc1c(C(=O)c2cccs2)oc2ccccc12. The van der Waals surface area contributed by atoms with Gasteiger partial charge in [0.25, 0.3) is 0 Å². The number of carbonyl (C=O) groups excluding carboxylic acids is 2. The lowest BCUT2D eigenvalue weighted by Crippen LogP contribution is -2.08. The molecule has 0 aliphatic rings. The summed E-state index contributed by atoms with van der Waals surface area (Å²) >= 11 is 1.31. The number of hydrogen-bond acceptors (Lipinski definition) is 7. The number of hydrogen-bond donors (Lipinski definition) is 1. The molecule has 0 atom stereocenters. The van der Waals surface area contributed by atoms with Crippen LogP contribution in [0, 0.1) is 11.3 Å². The van der Waals surface area contributed by atoms with Gasteiger partial charge in [0.1, 0.15) is 11.7 Å². The Kier molecular flexibility index (Phi) is 5.15. The Morgan fingerprint density at radius 1 is 1.31 bits per heavy atom. The minimum Gasteiger partial charge on any atom is -0.462 e. The number of nitriles is 1. The molecule has 6 nitrogen and oxygen atoms in total. The third-order valence-electron chi connectivity index (χ3n) is 3.52. The van der Waals surface area contributed by atoms with E-state index in [-0.39, 0.29) is 23.7 Å². The molecule has 0 bridgehead atoms. The first kappa shape index (κ1) is 17.5. The van der Waals surface area contributed by atoms with Crippen molar-refractivity contribution in [1.29, 1.82) is 5.26 Å². The van der Waals surface area contributed by atoms with Crippen molar-refractivity contribution in [2.24, 2.45) is 0 Å². The fourth-order valence-corrected chi connectivity index (χ4v) is 3.02. The van der Waals surface area contributed by atoms with E-state index >= 15 is 0 Å².